The molecule has 29 heavy (non-hydrogen) atoms. The molecule has 162 valence electrons. The summed E-state index contributed by atoms with van der Waals surface area (Å²) in [6.45, 7) is 14.7. The Kier molecular flexibility index (Phi) is 10.0. The van der Waals surface area contributed by atoms with Crippen LogP contribution in [0.2, 0.25) is 18.6 Å². The second kappa shape index (κ2) is 11.3. The van der Waals surface area contributed by atoms with Gasteiger partial charge in [0.15, 0.2) is 0 Å². The average Bonchev–Trinajstić information content (AvgIpc) is 3.10. The first-order valence-corrected chi connectivity index (χ1v) is 17.9. The number of hydrogen-bond donors (Lipinski definition) is 0. The van der Waals surface area contributed by atoms with Crippen molar-refractivity contribution in [2.75, 3.05) is 26.2 Å². The van der Waals surface area contributed by atoms with Crippen LogP contribution in [0.4, 0.5) is 0 Å². The number of benzene rings is 1. The quantitative estimate of drug-likeness (QED) is 0.326. The summed E-state index contributed by atoms with van der Waals surface area (Å²) < 4.78 is 2.87. The second-order valence-electron chi connectivity index (χ2n) is 9.22. The Morgan fingerprint density at radius 3 is 2.38 bits per heavy atom. The van der Waals surface area contributed by atoms with E-state index in [0.29, 0.717) is 0 Å². The first kappa shape index (κ1) is 25.7. The molecule has 1 saturated heterocycles. The predicted molar refractivity (Wildman–Crippen MR) is 129 cm³/mol. The van der Waals surface area contributed by atoms with Crippen molar-refractivity contribution < 1.29 is 17.0 Å². The van der Waals surface area contributed by atoms with E-state index in [4.69, 9.17) is 18.6 Å². The van der Waals surface area contributed by atoms with Gasteiger partial charge in [-0.05, 0) is 59.9 Å². The van der Waals surface area contributed by atoms with Crippen LogP contribution in [-0.4, -0.2) is 39.0 Å². The van der Waals surface area contributed by atoms with Gasteiger partial charge in [0.25, 0.3) is 0 Å². The maximum atomic E-state index is 4.89. The van der Waals surface area contributed by atoms with Crippen LogP contribution in [0, 0.1) is 25.2 Å². The topological polar surface area (TPSA) is 17.3 Å². The number of halogens is 2. The SMILES string of the molecule is CC(C)C1CC2c3ccccc3C=CC2C1[Si](C)(C)N1CC[N-]CC1.[CH3-].[Cl][Ti][Cl]. The van der Waals surface area contributed by atoms with Gasteiger partial charge in [-0.25, -0.2) is 0 Å². The average molecular weight is 487 g/mol. The fraction of sp³-hybridized carbons (Fsp3) is 0.609. The third-order valence-corrected chi connectivity index (χ3v) is 11.8. The summed E-state index contributed by atoms with van der Waals surface area (Å²) in [6, 6.07) is 9.12. The van der Waals surface area contributed by atoms with E-state index in [-0.39, 0.29) is 7.43 Å². The Bertz CT molecular complexity index is 677. The Balaban J connectivity index is 0.000000708. The summed E-state index contributed by atoms with van der Waals surface area (Å²) in [5.41, 5.74) is 3.94. The molecule has 0 radical (unpaired) electrons. The molecule has 0 N–H and O–H groups in total. The van der Waals surface area contributed by atoms with Crippen LogP contribution in [0.1, 0.15) is 37.3 Å². The summed E-state index contributed by atoms with van der Waals surface area (Å²) >= 11 is -0.556. The van der Waals surface area contributed by atoms with Crippen LogP contribution in [0.3, 0.4) is 0 Å². The number of hydrogen-bond acceptors (Lipinski definition) is 1. The molecule has 2 nitrogen and oxygen atoms in total. The molecule has 0 bridgehead atoms. The van der Waals surface area contributed by atoms with E-state index >= 15 is 0 Å². The van der Waals surface area contributed by atoms with Crippen LogP contribution < -0.4 is 0 Å². The minimum absolute atomic E-state index is 0. The summed E-state index contributed by atoms with van der Waals surface area (Å²) in [5.74, 6) is 3.10. The molecule has 4 atom stereocenters. The van der Waals surface area contributed by atoms with Gasteiger partial charge < -0.3 is 17.3 Å². The fourth-order valence-electron chi connectivity index (χ4n) is 6.01. The monoisotopic (exact) mass is 486 g/mol. The van der Waals surface area contributed by atoms with Gasteiger partial charge in [0.05, 0.1) is 0 Å². The molecule has 6 heteroatoms. The van der Waals surface area contributed by atoms with Crippen LogP contribution >= 0.6 is 18.6 Å². The zero-order valence-electron chi connectivity index (χ0n) is 18.5. The fourth-order valence-corrected chi connectivity index (χ4v) is 10.6. The van der Waals surface area contributed by atoms with Gasteiger partial charge in [0.1, 0.15) is 8.24 Å². The van der Waals surface area contributed by atoms with Gasteiger partial charge in [0.2, 0.25) is 0 Å². The third-order valence-electron chi connectivity index (χ3n) is 7.30. The van der Waals surface area contributed by atoms with Gasteiger partial charge in [0, 0.05) is 0 Å². The molecule has 1 aliphatic heterocycles. The summed E-state index contributed by atoms with van der Waals surface area (Å²) in [6.07, 6.45) is 6.38. The van der Waals surface area contributed by atoms with Crippen LogP contribution in [-0.2, 0) is 17.0 Å². The van der Waals surface area contributed by atoms with E-state index in [9.17, 15) is 0 Å². The van der Waals surface area contributed by atoms with E-state index in [2.05, 4.69) is 73.2 Å². The normalized spacial score (nSPS) is 28.7. The molecule has 0 aromatic heterocycles. The van der Waals surface area contributed by atoms with Gasteiger partial charge >= 0.3 is 35.6 Å². The maximum absolute atomic E-state index is 4.89. The van der Waals surface area contributed by atoms with Gasteiger partial charge in [-0.2, -0.15) is 0 Å². The van der Waals surface area contributed by atoms with Crippen LogP contribution in [0.15, 0.2) is 30.3 Å². The molecular weight excluding hydrogens is 451 g/mol. The van der Waals surface area contributed by atoms with E-state index in [1.54, 1.807) is 5.56 Å². The van der Waals surface area contributed by atoms with E-state index in [1.807, 2.05) is 0 Å². The van der Waals surface area contributed by atoms with Crippen LogP contribution in [0.25, 0.3) is 11.4 Å². The second-order valence-corrected chi connectivity index (χ2v) is 16.4. The molecule has 2 aliphatic carbocycles. The minimum atomic E-state index is -1.50. The number of fused-ring (bicyclic) bond motifs is 3. The number of nitrogens with zero attached hydrogens (tertiary/aromatic N) is 2. The Hall–Kier alpha value is 0.391. The van der Waals surface area contributed by atoms with E-state index in [0.717, 1.165) is 42.3 Å². The Morgan fingerprint density at radius 1 is 1.14 bits per heavy atom. The van der Waals surface area contributed by atoms with Crippen molar-refractivity contribution in [3.63, 3.8) is 0 Å². The first-order chi connectivity index (χ1) is 13.4. The molecule has 1 aromatic carbocycles. The number of rotatable bonds is 3. The molecule has 1 saturated carbocycles. The van der Waals surface area contributed by atoms with E-state index < -0.39 is 25.3 Å². The standard InChI is InChI=1S/C22H33N2Si.CH3.2ClH.Ti/c1-16(2)20-15-21-18-8-6-5-7-17(18)9-10-19(21)22(20)25(3,4)24-13-11-23-12-14-24;;;;/h5-10,16,19-22H,11-15H2,1-4H3;1H3;2*1H;/q2*-1;;;+2/p-2. The van der Waals surface area contributed by atoms with Gasteiger partial charge in [-0.3, -0.25) is 0 Å². The van der Waals surface area contributed by atoms with Gasteiger partial charge in [-0.1, -0.05) is 63.4 Å². The predicted octanol–water partition coefficient (Wildman–Crippen LogP) is 7.18. The van der Waals surface area contributed by atoms with E-state index in [1.165, 1.54) is 25.1 Å². The zero-order chi connectivity index (χ0) is 20.3. The molecular formula is C23H36Cl2N2SiTi-2. The summed E-state index contributed by atoms with van der Waals surface area (Å²) in [5, 5.41) is 4.60. The Labute approximate surface area is 196 Å². The molecule has 1 aromatic rings. The van der Waals surface area contributed by atoms with Gasteiger partial charge in [-0.15, -0.1) is 13.1 Å². The van der Waals surface area contributed by atoms with Crippen molar-refractivity contribution in [3.05, 3.63) is 54.2 Å². The molecule has 2 fully saturated rings. The Morgan fingerprint density at radius 2 is 1.76 bits per heavy atom. The number of piperazine rings is 1. The summed E-state index contributed by atoms with van der Waals surface area (Å²) in [7, 11) is 8.28. The van der Waals surface area contributed by atoms with Crippen molar-refractivity contribution in [2.24, 2.45) is 17.8 Å². The molecule has 4 unspecified atom stereocenters. The zero-order valence-corrected chi connectivity index (χ0v) is 22.6. The molecule has 0 spiro atoms. The van der Waals surface area contributed by atoms with Crippen molar-refractivity contribution in [3.8, 4) is 0 Å². The third kappa shape index (κ3) is 5.42. The molecule has 4 rings (SSSR count). The number of allylic oxidation sites excluding steroid dienone is 1. The van der Waals surface area contributed by atoms with Crippen molar-refractivity contribution in [2.45, 2.75) is 44.8 Å². The molecule has 0 amide bonds. The van der Waals surface area contributed by atoms with Crippen LogP contribution in [0.5, 0.6) is 0 Å². The molecule has 1 heterocycles. The summed E-state index contributed by atoms with van der Waals surface area (Å²) in [4.78, 5) is 0. The molecule has 3 aliphatic rings. The van der Waals surface area contributed by atoms with Crippen molar-refractivity contribution in [1.82, 2.24) is 4.57 Å². The first-order valence-electron chi connectivity index (χ1n) is 10.5. The van der Waals surface area contributed by atoms with Crippen molar-refractivity contribution in [1.29, 1.82) is 0 Å². The van der Waals surface area contributed by atoms with Crippen molar-refractivity contribution >= 4 is 32.9 Å².